The predicted octanol–water partition coefficient (Wildman–Crippen LogP) is 4.04. The van der Waals surface area contributed by atoms with Gasteiger partial charge in [-0.3, -0.25) is 4.98 Å². The molecule has 1 N–H and O–H groups in total. The molecule has 88 valence electrons. The van der Waals surface area contributed by atoms with Crippen LogP contribution < -0.4 is 5.32 Å². The van der Waals surface area contributed by atoms with Gasteiger partial charge in [0.15, 0.2) is 0 Å². The van der Waals surface area contributed by atoms with Crippen LogP contribution in [-0.4, -0.2) is 11.5 Å². The fourth-order valence-corrected chi connectivity index (χ4v) is 1.88. The van der Waals surface area contributed by atoms with Crippen molar-refractivity contribution in [3.8, 4) is 0 Å². The second-order valence-electron chi connectivity index (χ2n) is 3.60. The van der Waals surface area contributed by atoms with Gasteiger partial charge >= 0.3 is 0 Å². The maximum atomic E-state index is 6.06. The molecule has 2 nitrogen and oxygen atoms in total. The number of pyridine rings is 1. The maximum absolute atomic E-state index is 6.06. The van der Waals surface area contributed by atoms with Crippen LogP contribution in [0.4, 0.5) is 5.69 Å². The standard InChI is InChI=1S/C13H12Cl2N2/c14-11-5-3-6-12(13(11)15)17-9-7-10-4-1-2-8-16-10/h1-6,8,17H,7,9H2. The van der Waals surface area contributed by atoms with Crippen LogP contribution in [0.15, 0.2) is 42.6 Å². The van der Waals surface area contributed by atoms with Crippen LogP contribution in [0.1, 0.15) is 5.69 Å². The van der Waals surface area contributed by atoms with Gasteiger partial charge in [-0.2, -0.15) is 0 Å². The third-order valence-electron chi connectivity index (χ3n) is 2.37. The summed E-state index contributed by atoms with van der Waals surface area (Å²) in [4.78, 5) is 4.25. The summed E-state index contributed by atoms with van der Waals surface area (Å²) in [5.74, 6) is 0. The van der Waals surface area contributed by atoms with Gasteiger partial charge in [-0.05, 0) is 24.3 Å². The monoisotopic (exact) mass is 266 g/mol. The van der Waals surface area contributed by atoms with Gasteiger partial charge in [0, 0.05) is 24.9 Å². The Hall–Kier alpha value is -1.25. The Labute approximate surface area is 111 Å². The van der Waals surface area contributed by atoms with E-state index < -0.39 is 0 Å². The molecule has 0 aliphatic heterocycles. The van der Waals surface area contributed by atoms with Gasteiger partial charge in [-0.15, -0.1) is 0 Å². The Morgan fingerprint density at radius 1 is 1.06 bits per heavy atom. The SMILES string of the molecule is Clc1cccc(NCCc2ccccn2)c1Cl. The Morgan fingerprint density at radius 3 is 2.71 bits per heavy atom. The molecular formula is C13H12Cl2N2. The number of benzene rings is 1. The molecule has 2 rings (SSSR count). The van der Waals surface area contributed by atoms with E-state index in [9.17, 15) is 0 Å². The molecule has 0 fully saturated rings. The van der Waals surface area contributed by atoms with Crippen LogP contribution in [0, 0.1) is 0 Å². The molecule has 1 aromatic heterocycles. The van der Waals surface area contributed by atoms with E-state index in [-0.39, 0.29) is 0 Å². The average molecular weight is 267 g/mol. The molecule has 0 unspecified atom stereocenters. The molecule has 2 aromatic rings. The van der Waals surface area contributed by atoms with Crippen LogP contribution in [0.5, 0.6) is 0 Å². The molecule has 0 atom stereocenters. The Bertz CT molecular complexity index is 486. The lowest BCUT2D eigenvalue weighted by Gasteiger charge is -2.08. The third-order valence-corrected chi connectivity index (χ3v) is 3.19. The van der Waals surface area contributed by atoms with Crippen LogP contribution in [0.2, 0.25) is 10.0 Å². The first-order chi connectivity index (χ1) is 8.27. The number of hydrogen-bond donors (Lipinski definition) is 1. The summed E-state index contributed by atoms with van der Waals surface area (Å²) < 4.78 is 0. The van der Waals surface area contributed by atoms with Gasteiger partial charge < -0.3 is 5.32 Å². The highest BCUT2D eigenvalue weighted by Crippen LogP contribution is 2.29. The van der Waals surface area contributed by atoms with Gasteiger partial charge in [-0.1, -0.05) is 35.3 Å². The summed E-state index contributed by atoms with van der Waals surface area (Å²) in [5.41, 5.74) is 1.91. The smallest absolute Gasteiger partial charge is 0.0823 e. The zero-order valence-electron chi connectivity index (χ0n) is 9.16. The number of rotatable bonds is 4. The number of halogens is 2. The molecule has 0 bridgehead atoms. The molecule has 0 saturated heterocycles. The second-order valence-corrected chi connectivity index (χ2v) is 4.38. The summed E-state index contributed by atoms with van der Waals surface area (Å²) >= 11 is 12.0. The third kappa shape index (κ3) is 3.35. The van der Waals surface area contributed by atoms with E-state index >= 15 is 0 Å². The first-order valence-corrected chi connectivity index (χ1v) is 6.11. The van der Waals surface area contributed by atoms with Gasteiger partial charge in [0.25, 0.3) is 0 Å². The van der Waals surface area contributed by atoms with Crippen molar-refractivity contribution in [1.82, 2.24) is 4.98 Å². The molecule has 0 spiro atoms. The molecule has 17 heavy (non-hydrogen) atoms. The van der Waals surface area contributed by atoms with Crippen molar-refractivity contribution in [2.45, 2.75) is 6.42 Å². The normalized spacial score (nSPS) is 10.2. The minimum Gasteiger partial charge on any atom is -0.383 e. The topological polar surface area (TPSA) is 24.9 Å². The Kier molecular flexibility index (Phi) is 4.24. The van der Waals surface area contributed by atoms with Crippen molar-refractivity contribution < 1.29 is 0 Å². The molecule has 1 heterocycles. The van der Waals surface area contributed by atoms with Crippen molar-refractivity contribution in [1.29, 1.82) is 0 Å². The zero-order valence-corrected chi connectivity index (χ0v) is 10.7. The van der Waals surface area contributed by atoms with Gasteiger partial charge in [0.1, 0.15) is 0 Å². The molecule has 0 saturated carbocycles. The maximum Gasteiger partial charge on any atom is 0.0823 e. The largest absolute Gasteiger partial charge is 0.383 e. The van der Waals surface area contributed by atoms with Crippen molar-refractivity contribution in [2.24, 2.45) is 0 Å². The molecule has 0 aliphatic rings. The number of aromatic nitrogens is 1. The minimum absolute atomic E-state index is 0.564. The lowest BCUT2D eigenvalue weighted by molar-refractivity contribution is 0.961. The highest BCUT2D eigenvalue weighted by molar-refractivity contribution is 6.43. The first kappa shape index (κ1) is 12.2. The van der Waals surface area contributed by atoms with E-state index in [2.05, 4.69) is 10.3 Å². The van der Waals surface area contributed by atoms with Crippen LogP contribution in [0.25, 0.3) is 0 Å². The van der Waals surface area contributed by atoms with E-state index in [4.69, 9.17) is 23.2 Å². The number of nitrogens with zero attached hydrogens (tertiary/aromatic N) is 1. The summed E-state index contributed by atoms with van der Waals surface area (Å²) in [6.45, 7) is 0.775. The molecule has 0 amide bonds. The van der Waals surface area contributed by atoms with Crippen LogP contribution >= 0.6 is 23.2 Å². The quantitative estimate of drug-likeness (QED) is 0.904. The van der Waals surface area contributed by atoms with Crippen LogP contribution in [0.3, 0.4) is 0 Å². The summed E-state index contributed by atoms with van der Waals surface area (Å²) in [6, 6.07) is 11.4. The Morgan fingerprint density at radius 2 is 1.94 bits per heavy atom. The van der Waals surface area contributed by atoms with Crippen molar-refractivity contribution in [3.63, 3.8) is 0 Å². The summed E-state index contributed by atoms with van der Waals surface area (Å²) in [5, 5.41) is 4.38. The molecule has 4 heteroatoms. The lowest BCUT2D eigenvalue weighted by Crippen LogP contribution is -2.06. The average Bonchev–Trinajstić information content (AvgIpc) is 2.36. The van der Waals surface area contributed by atoms with Gasteiger partial charge in [0.2, 0.25) is 0 Å². The highest BCUT2D eigenvalue weighted by atomic mass is 35.5. The molecule has 0 radical (unpaired) electrons. The van der Waals surface area contributed by atoms with E-state index in [1.165, 1.54) is 0 Å². The van der Waals surface area contributed by atoms with E-state index in [1.807, 2.05) is 30.3 Å². The van der Waals surface area contributed by atoms with E-state index in [1.54, 1.807) is 12.3 Å². The van der Waals surface area contributed by atoms with Gasteiger partial charge in [-0.25, -0.2) is 0 Å². The first-order valence-electron chi connectivity index (χ1n) is 5.35. The molecule has 0 aliphatic carbocycles. The molecular weight excluding hydrogens is 255 g/mol. The van der Waals surface area contributed by atoms with Crippen molar-refractivity contribution in [3.05, 3.63) is 58.3 Å². The predicted molar refractivity (Wildman–Crippen MR) is 72.9 cm³/mol. The zero-order chi connectivity index (χ0) is 12.1. The van der Waals surface area contributed by atoms with E-state index in [0.29, 0.717) is 10.0 Å². The minimum atomic E-state index is 0.564. The van der Waals surface area contributed by atoms with Crippen LogP contribution in [-0.2, 0) is 6.42 Å². The second kappa shape index (κ2) is 5.89. The number of nitrogens with one attached hydrogen (secondary N) is 1. The lowest BCUT2D eigenvalue weighted by atomic mass is 10.2. The van der Waals surface area contributed by atoms with Crippen molar-refractivity contribution >= 4 is 28.9 Å². The van der Waals surface area contributed by atoms with E-state index in [0.717, 1.165) is 24.3 Å². The van der Waals surface area contributed by atoms with Gasteiger partial charge in [0.05, 0.1) is 15.7 Å². The molecule has 1 aromatic carbocycles. The number of hydrogen-bond acceptors (Lipinski definition) is 2. The van der Waals surface area contributed by atoms with Crippen molar-refractivity contribution in [2.75, 3.05) is 11.9 Å². The highest BCUT2D eigenvalue weighted by Gasteiger charge is 2.03. The number of anilines is 1. The summed E-state index contributed by atoms with van der Waals surface area (Å²) in [7, 11) is 0. The summed E-state index contributed by atoms with van der Waals surface area (Å²) in [6.07, 6.45) is 2.64. The Balaban J connectivity index is 1.93. The fourth-order valence-electron chi connectivity index (χ4n) is 1.51. The fraction of sp³-hybridized carbons (Fsp3) is 0.154.